The Balaban J connectivity index is 1.94. The molecule has 2 N–H and O–H groups in total. The quantitative estimate of drug-likeness (QED) is 0.460. The second-order valence-corrected chi connectivity index (χ2v) is 5.71. The van der Waals surface area contributed by atoms with Gasteiger partial charge in [-0.2, -0.15) is 5.10 Å². The Bertz CT molecular complexity index is 832. The van der Waals surface area contributed by atoms with E-state index in [0.717, 1.165) is 11.3 Å². The zero-order valence-electron chi connectivity index (χ0n) is 15.6. The minimum Gasteiger partial charge on any atom is -0.497 e. The number of nitrogens with one attached hydrogen (secondary N) is 2. The van der Waals surface area contributed by atoms with Crippen LogP contribution in [0.3, 0.4) is 0 Å². The van der Waals surface area contributed by atoms with Crippen LogP contribution in [0.1, 0.15) is 5.56 Å². The summed E-state index contributed by atoms with van der Waals surface area (Å²) in [5.74, 6) is -0.813. The summed E-state index contributed by atoms with van der Waals surface area (Å²) < 4.78 is 10.3. The molecule has 0 aliphatic rings. The number of hydrogen-bond donors (Lipinski definition) is 2. The first-order chi connectivity index (χ1) is 12.9. The Labute approximate surface area is 157 Å². The van der Waals surface area contributed by atoms with E-state index in [0.29, 0.717) is 17.2 Å². The fourth-order valence-corrected chi connectivity index (χ4v) is 2.16. The summed E-state index contributed by atoms with van der Waals surface area (Å²) in [6.45, 7) is 0. The highest BCUT2D eigenvalue weighted by molar-refractivity contribution is 6.39. The second kappa shape index (κ2) is 9.23. The minimum absolute atomic E-state index is 0.349. The second-order valence-electron chi connectivity index (χ2n) is 5.71. The van der Waals surface area contributed by atoms with Gasteiger partial charge in [0.05, 0.1) is 26.1 Å². The van der Waals surface area contributed by atoms with E-state index in [1.165, 1.54) is 20.4 Å². The van der Waals surface area contributed by atoms with Crippen molar-refractivity contribution in [1.29, 1.82) is 0 Å². The molecule has 0 aromatic heterocycles. The summed E-state index contributed by atoms with van der Waals surface area (Å²) in [6, 6.07) is 12.4. The van der Waals surface area contributed by atoms with Crippen LogP contribution in [-0.2, 0) is 9.59 Å². The van der Waals surface area contributed by atoms with Gasteiger partial charge in [-0.05, 0) is 29.8 Å². The van der Waals surface area contributed by atoms with Crippen molar-refractivity contribution < 1.29 is 19.1 Å². The Morgan fingerprint density at radius 3 is 2.30 bits per heavy atom. The Morgan fingerprint density at radius 2 is 1.70 bits per heavy atom. The van der Waals surface area contributed by atoms with Crippen molar-refractivity contribution in [2.24, 2.45) is 5.10 Å². The highest BCUT2D eigenvalue weighted by Gasteiger charge is 2.15. The third-order valence-corrected chi connectivity index (χ3v) is 3.65. The van der Waals surface area contributed by atoms with Gasteiger partial charge in [0.25, 0.3) is 0 Å². The molecule has 2 rings (SSSR count). The van der Waals surface area contributed by atoms with Crippen molar-refractivity contribution in [3.63, 3.8) is 0 Å². The topological polar surface area (TPSA) is 92.3 Å². The number of nitrogens with zero attached hydrogens (tertiary/aromatic N) is 2. The molecule has 0 unspecified atom stereocenters. The van der Waals surface area contributed by atoms with Crippen LogP contribution < -0.4 is 25.1 Å². The fraction of sp³-hybridized carbons (Fsp3) is 0.211. The van der Waals surface area contributed by atoms with Gasteiger partial charge in [-0.1, -0.05) is 12.1 Å². The monoisotopic (exact) mass is 370 g/mol. The standard InChI is InChI=1S/C19H22N4O4/c1-23(2)14-7-5-13(6-8-14)12-20-22-19(25)18(24)21-16-10-9-15(26-3)11-17(16)27-4/h5-12H,1-4H3,(H,21,24)(H,22,25). The molecule has 8 heteroatoms. The van der Waals surface area contributed by atoms with Crippen LogP contribution in [0.5, 0.6) is 11.5 Å². The number of benzene rings is 2. The number of rotatable bonds is 6. The number of methoxy groups -OCH3 is 2. The predicted octanol–water partition coefficient (Wildman–Crippen LogP) is 1.86. The summed E-state index contributed by atoms with van der Waals surface area (Å²) >= 11 is 0. The van der Waals surface area contributed by atoms with E-state index in [1.54, 1.807) is 18.2 Å². The molecule has 0 spiro atoms. The van der Waals surface area contributed by atoms with Gasteiger partial charge in [-0.15, -0.1) is 0 Å². The normalized spacial score (nSPS) is 10.4. The first-order valence-electron chi connectivity index (χ1n) is 8.08. The maximum absolute atomic E-state index is 12.0. The summed E-state index contributed by atoms with van der Waals surface area (Å²) in [4.78, 5) is 25.9. The lowest BCUT2D eigenvalue weighted by Crippen LogP contribution is -2.32. The number of amides is 2. The van der Waals surface area contributed by atoms with Crippen LogP contribution in [0.4, 0.5) is 11.4 Å². The summed E-state index contributed by atoms with van der Waals surface area (Å²) in [5.41, 5.74) is 4.38. The maximum atomic E-state index is 12.0. The lowest BCUT2D eigenvalue weighted by atomic mass is 10.2. The van der Waals surface area contributed by atoms with Crippen LogP contribution in [0, 0.1) is 0 Å². The molecule has 0 radical (unpaired) electrons. The van der Waals surface area contributed by atoms with Crippen molar-refractivity contribution in [2.75, 3.05) is 38.5 Å². The SMILES string of the molecule is COc1ccc(NC(=O)C(=O)NN=Cc2ccc(N(C)C)cc2)c(OC)c1. The molecule has 0 aliphatic heterocycles. The molecule has 0 atom stereocenters. The number of carbonyl (C=O) groups is 2. The van der Waals surface area contributed by atoms with Gasteiger partial charge in [0, 0.05) is 25.8 Å². The van der Waals surface area contributed by atoms with Crippen molar-refractivity contribution in [2.45, 2.75) is 0 Å². The van der Waals surface area contributed by atoms with Crippen LogP contribution in [0.15, 0.2) is 47.6 Å². The molecule has 142 valence electrons. The Morgan fingerprint density at radius 1 is 1.00 bits per heavy atom. The molecule has 0 bridgehead atoms. The van der Waals surface area contributed by atoms with Crippen molar-refractivity contribution in [1.82, 2.24) is 5.43 Å². The highest BCUT2D eigenvalue weighted by Crippen LogP contribution is 2.28. The van der Waals surface area contributed by atoms with Crippen LogP contribution in [0.2, 0.25) is 0 Å². The number of anilines is 2. The molecule has 2 aromatic carbocycles. The van der Waals surface area contributed by atoms with E-state index in [-0.39, 0.29) is 0 Å². The third-order valence-electron chi connectivity index (χ3n) is 3.65. The fourth-order valence-electron chi connectivity index (χ4n) is 2.16. The third kappa shape index (κ3) is 5.46. The van der Waals surface area contributed by atoms with E-state index in [1.807, 2.05) is 43.3 Å². The summed E-state index contributed by atoms with van der Waals surface area (Å²) in [5, 5.41) is 6.27. The molecule has 0 saturated heterocycles. The van der Waals surface area contributed by atoms with Gasteiger partial charge in [0.1, 0.15) is 11.5 Å². The Hall–Kier alpha value is -3.55. The van der Waals surface area contributed by atoms with E-state index < -0.39 is 11.8 Å². The van der Waals surface area contributed by atoms with Gasteiger partial charge >= 0.3 is 11.8 Å². The average molecular weight is 370 g/mol. The first kappa shape index (κ1) is 19.8. The predicted molar refractivity (Wildman–Crippen MR) is 105 cm³/mol. The molecule has 8 nitrogen and oxygen atoms in total. The molecular formula is C19H22N4O4. The Kier molecular flexibility index (Phi) is 6.76. The molecule has 0 fully saturated rings. The molecule has 0 heterocycles. The molecule has 27 heavy (non-hydrogen) atoms. The molecule has 2 aromatic rings. The summed E-state index contributed by atoms with van der Waals surface area (Å²) in [6.07, 6.45) is 1.46. The van der Waals surface area contributed by atoms with E-state index >= 15 is 0 Å². The highest BCUT2D eigenvalue weighted by atomic mass is 16.5. The van der Waals surface area contributed by atoms with E-state index in [4.69, 9.17) is 9.47 Å². The number of hydrazone groups is 1. The van der Waals surface area contributed by atoms with Gasteiger partial charge in [0.2, 0.25) is 0 Å². The van der Waals surface area contributed by atoms with Crippen LogP contribution in [-0.4, -0.2) is 46.3 Å². The number of ether oxygens (including phenoxy) is 2. The van der Waals surface area contributed by atoms with Crippen LogP contribution >= 0.6 is 0 Å². The first-order valence-corrected chi connectivity index (χ1v) is 8.08. The minimum atomic E-state index is -0.894. The molecule has 2 amide bonds. The smallest absolute Gasteiger partial charge is 0.329 e. The lowest BCUT2D eigenvalue weighted by Gasteiger charge is -2.11. The van der Waals surface area contributed by atoms with Crippen molar-refractivity contribution >= 4 is 29.4 Å². The van der Waals surface area contributed by atoms with Gasteiger partial charge < -0.3 is 19.7 Å². The zero-order valence-corrected chi connectivity index (χ0v) is 15.6. The van der Waals surface area contributed by atoms with Crippen molar-refractivity contribution in [3.05, 3.63) is 48.0 Å². The van der Waals surface area contributed by atoms with E-state index in [9.17, 15) is 9.59 Å². The van der Waals surface area contributed by atoms with E-state index in [2.05, 4.69) is 15.8 Å². The maximum Gasteiger partial charge on any atom is 0.329 e. The van der Waals surface area contributed by atoms with Gasteiger partial charge in [0.15, 0.2) is 0 Å². The van der Waals surface area contributed by atoms with Crippen molar-refractivity contribution in [3.8, 4) is 11.5 Å². The number of hydrogen-bond acceptors (Lipinski definition) is 6. The molecule has 0 saturated carbocycles. The van der Waals surface area contributed by atoms with Gasteiger partial charge in [-0.3, -0.25) is 9.59 Å². The lowest BCUT2D eigenvalue weighted by molar-refractivity contribution is -0.136. The number of carbonyl (C=O) groups excluding carboxylic acids is 2. The van der Waals surface area contributed by atoms with Crippen LogP contribution in [0.25, 0.3) is 0 Å². The largest absolute Gasteiger partial charge is 0.497 e. The molecule has 0 aliphatic carbocycles. The zero-order chi connectivity index (χ0) is 19.8. The van der Waals surface area contributed by atoms with Gasteiger partial charge in [-0.25, -0.2) is 5.43 Å². The average Bonchev–Trinajstić information content (AvgIpc) is 2.68. The summed E-state index contributed by atoms with van der Waals surface area (Å²) in [7, 11) is 6.86. The molecular weight excluding hydrogens is 348 g/mol.